The summed E-state index contributed by atoms with van der Waals surface area (Å²) in [5.41, 5.74) is 2.49. The largest absolute Gasteiger partial charge is 0.497 e. The minimum atomic E-state index is -4.06. The van der Waals surface area contributed by atoms with Gasteiger partial charge in [0, 0.05) is 12.6 Å². The molecule has 33 heavy (non-hydrogen) atoms. The van der Waals surface area contributed by atoms with Crippen molar-refractivity contribution in [2.45, 2.75) is 49.2 Å². The molecule has 0 spiro atoms. The Hall–Kier alpha value is -2.46. The molecule has 0 aromatic heterocycles. The quantitative estimate of drug-likeness (QED) is 0.427. The first kappa shape index (κ1) is 25.2. The Balaban J connectivity index is 2.02. The van der Waals surface area contributed by atoms with Crippen LogP contribution < -0.4 is 10.2 Å². The number of carbonyl (C=O) groups excluding carboxylic acids is 1. The highest BCUT2D eigenvalue weighted by Crippen LogP contribution is 2.34. The molecule has 1 fully saturated rings. The summed E-state index contributed by atoms with van der Waals surface area (Å²) in [7, 11) is 1.50. The van der Waals surface area contributed by atoms with Crippen molar-refractivity contribution < 1.29 is 23.2 Å². The lowest BCUT2D eigenvalue weighted by molar-refractivity contribution is -0.135. The lowest BCUT2D eigenvalue weighted by atomic mass is 9.80. The molecule has 180 valence electrons. The molecule has 1 saturated carbocycles. The second-order valence-electron chi connectivity index (χ2n) is 8.66. The number of hydrogen-bond acceptors (Lipinski definition) is 6. The van der Waals surface area contributed by atoms with Crippen LogP contribution in [0.2, 0.25) is 0 Å². The van der Waals surface area contributed by atoms with Crippen LogP contribution in [0.25, 0.3) is 0 Å². The normalized spacial score (nSPS) is 19.9. The number of hydroxylamine groups is 1. The van der Waals surface area contributed by atoms with Crippen molar-refractivity contribution in [3.63, 3.8) is 0 Å². The van der Waals surface area contributed by atoms with Crippen LogP contribution in [-0.4, -0.2) is 62.0 Å². The van der Waals surface area contributed by atoms with E-state index in [0.717, 1.165) is 18.4 Å². The summed E-state index contributed by atoms with van der Waals surface area (Å²) >= 11 is 0. The van der Waals surface area contributed by atoms with Gasteiger partial charge in [-0.05, 0) is 75.5 Å². The maximum Gasteiger partial charge on any atom is 0.262 e. The molecule has 0 aliphatic heterocycles. The van der Waals surface area contributed by atoms with Gasteiger partial charge in [-0.1, -0.05) is 30.3 Å². The Bertz CT molecular complexity index is 1000. The number of ether oxygens (including phenoxy) is 1. The number of amides is 1. The second kappa shape index (κ2) is 11.1. The van der Waals surface area contributed by atoms with Crippen LogP contribution in [0, 0.1) is 5.92 Å². The van der Waals surface area contributed by atoms with E-state index in [2.05, 4.69) is 4.90 Å². The fourth-order valence-corrected chi connectivity index (χ4v) is 6.20. The smallest absolute Gasteiger partial charge is 0.262 e. The van der Waals surface area contributed by atoms with Gasteiger partial charge in [-0.15, -0.1) is 0 Å². The molecule has 2 aromatic rings. The van der Waals surface area contributed by atoms with Crippen LogP contribution in [0.4, 0.5) is 0 Å². The molecule has 3 rings (SSSR count). The van der Waals surface area contributed by atoms with Crippen LogP contribution in [0.5, 0.6) is 5.75 Å². The van der Waals surface area contributed by atoms with Gasteiger partial charge in [0.1, 0.15) is 11.8 Å². The van der Waals surface area contributed by atoms with Crippen molar-refractivity contribution in [1.82, 2.24) is 14.7 Å². The number of nitrogens with one attached hydrogen (secondary N) is 1. The van der Waals surface area contributed by atoms with Crippen molar-refractivity contribution in [3.05, 3.63) is 60.2 Å². The molecule has 1 aliphatic rings. The van der Waals surface area contributed by atoms with Gasteiger partial charge >= 0.3 is 0 Å². The van der Waals surface area contributed by atoms with Crippen molar-refractivity contribution >= 4 is 15.9 Å². The monoisotopic (exact) mass is 475 g/mol. The summed E-state index contributed by atoms with van der Waals surface area (Å²) < 4.78 is 34.0. The van der Waals surface area contributed by atoms with Gasteiger partial charge < -0.3 is 9.64 Å². The summed E-state index contributed by atoms with van der Waals surface area (Å²) in [5, 5.41) is 9.55. The third-order valence-corrected chi connectivity index (χ3v) is 8.30. The molecule has 8 nitrogen and oxygen atoms in total. The molecule has 1 atom stereocenters. The predicted octanol–water partition coefficient (Wildman–Crippen LogP) is 2.88. The molecule has 1 aliphatic carbocycles. The number of hydrogen-bond donors (Lipinski definition) is 2. The van der Waals surface area contributed by atoms with E-state index < -0.39 is 22.0 Å². The van der Waals surface area contributed by atoms with E-state index in [1.165, 1.54) is 23.5 Å². The Morgan fingerprint density at radius 1 is 1.06 bits per heavy atom. The fraction of sp³-hybridized carbons (Fsp3) is 0.458. The topological polar surface area (TPSA) is 99.2 Å². The number of sulfonamides is 1. The molecule has 0 bridgehead atoms. The highest BCUT2D eigenvalue weighted by Gasteiger charge is 2.42. The van der Waals surface area contributed by atoms with Crippen LogP contribution in [0.3, 0.4) is 0 Å². The van der Waals surface area contributed by atoms with Crippen molar-refractivity contribution in [2.24, 2.45) is 5.92 Å². The molecule has 0 radical (unpaired) electrons. The Labute approximate surface area is 196 Å². The number of benzene rings is 2. The summed E-state index contributed by atoms with van der Waals surface area (Å²) in [6.45, 7) is 0.0148. The summed E-state index contributed by atoms with van der Waals surface area (Å²) in [6.07, 6.45) is 3.08. The van der Waals surface area contributed by atoms with E-state index in [-0.39, 0.29) is 17.4 Å². The Morgan fingerprint density at radius 3 is 2.18 bits per heavy atom. The average Bonchev–Trinajstić information content (AvgIpc) is 2.84. The first-order chi connectivity index (χ1) is 15.8. The van der Waals surface area contributed by atoms with Gasteiger partial charge in [0.15, 0.2) is 0 Å². The van der Waals surface area contributed by atoms with Crippen molar-refractivity contribution in [3.8, 4) is 5.75 Å². The molecule has 2 N–H and O–H groups in total. The second-order valence-corrected chi connectivity index (χ2v) is 10.6. The molecule has 2 aromatic carbocycles. The highest BCUT2D eigenvalue weighted by atomic mass is 32.2. The van der Waals surface area contributed by atoms with Gasteiger partial charge in [-0.25, -0.2) is 13.9 Å². The summed E-state index contributed by atoms with van der Waals surface area (Å²) in [6, 6.07) is 14.6. The summed E-state index contributed by atoms with van der Waals surface area (Å²) in [5.74, 6) is -0.392. The first-order valence-corrected chi connectivity index (χ1v) is 12.5. The van der Waals surface area contributed by atoms with E-state index in [0.29, 0.717) is 24.6 Å². The van der Waals surface area contributed by atoms with Gasteiger partial charge in [-0.2, -0.15) is 4.31 Å². The first-order valence-electron chi connectivity index (χ1n) is 11.1. The molecule has 0 heterocycles. The van der Waals surface area contributed by atoms with Crippen LogP contribution in [-0.2, 0) is 21.4 Å². The molecular formula is C24H33N3O5S. The number of nitrogens with zero attached hydrogens (tertiary/aromatic N) is 2. The molecule has 0 unspecified atom stereocenters. The fourth-order valence-electron chi connectivity index (χ4n) is 4.56. The van der Waals surface area contributed by atoms with E-state index >= 15 is 0 Å². The Morgan fingerprint density at radius 2 is 1.67 bits per heavy atom. The number of rotatable bonds is 9. The maximum absolute atomic E-state index is 13.8. The zero-order valence-corrected chi connectivity index (χ0v) is 20.2. The zero-order valence-electron chi connectivity index (χ0n) is 19.3. The number of methoxy groups -OCH3 is 1. The van der Waals surface area contributed by atoms with Crippen LogP contribution >= 0.6 is 0 Å². The third kappa shape index (κ3) is 5.92. The van der Waals surface area contributed by atoms with E-state index in [9.17, 15) is 18.4 Å². The van der Waals surface area contributed by atoms with Crippen molar-refractivity contribution in [2.75, 3.05) is 21.2 Å². The third-order valence-electron chi connectivity index (χ3n) is 6.45. The average molecular weight is 476 g/mol. The maximum atomic E-state index is 13.8. The van der Waals surface area contributed by atoms with E-state index in [1.807, 2.05) is 44.4 Å². The van der Waals surface area contributed by atoms with E-state index in [4.69, 9.17) is 4.74 Å². The van der Waals surface area contributed by atoms with Crippen LogP contribution in [0.15, 0.2) is 59.5 Å². The van der Waals surface area contributed by atoms with Crippen LogP contribution in [0.1, 0.15) is 31.2 Å². The predicted molar refractivity (Wildman–Crippen MR) is 125 cm³/mol. The molecule has 1 amide bonds. The van der Waals surface area contributed by atoms with E-state index in [1.54, 1.807) is 17.6 Å². The highest BCUT2D eigenvalue weighted by molar-refractivity contribution is 7.89. The van der Waals surface area contributed by atoms with Gasteiger partial charge in [-0.3, -0.25) is 10.0 Å². The van der Waals surface area contributed by atoms with Gasteiger partial charge in [0.25, 0.3) is 5.91 Å². The van der Waals surface area contributed by atoms with Crippen molar-refractivity contribution in [1.29, 1.82) is 0 Å². The lowest BCUT2D eigenvalue weighted by Gasteiger charge is -2.39. The Kier molecular flexibility index (Phi) is 8.47. The van der Waals surface area contributed by atoms with Gasteiger partial charge in [0.05, 0.1) is 12.0 Å². The minimum absolute atomic E-state index is 0.0148. The minimum Gasteiger partial charge on any atom is -0.497 e. The molecule has 9 heteroatoms. The SMILES string of the molecule is COc1ccc(S(=O)(=O)N(Cc2ccccc2)[C@@H](C(=O)NO)C2CCC(N(C)C)CC2)cc1. The summed E-state index contributed by atoms with van der Waals surface area (Å²) in [4.78, 5) is 15.2. The molecule has 0 saturated heterocycles. The number of carbonyl (C=O) groups is 1. The zero-order chi connectivity index (χ0) is 24.0. The standard InChI is InChI=1S/C24H33N3O5S/c1-26(2)20-11-9-19(10-12-20)23(24(28)25-29)27(17-18-7-5-4-6-8-18)33(30,31)22-15-13-21(32-3)14-16-22/h4-8,13-16,19-20,23,29H,9-12,17H2,1-3H3,(H,25,28)/t19?,20?,23-/m1/s1. The lowest BCUT2D eigenvalue weighted by Crippen LogP contribution is -2.53. The molecular weight excluding hydrogens is 442 g/mol. The van der Waals surface area contributed by atoms with Gasteiger partial charge in [0.2, 0.25) is 10.0 Å².